The molecule has 1 fully saturated rings. The number of hydrogen-bond donors (Lipinski definition) is 2. The molecule has 9 heteroatoms. The lowest BCUT2D eigenvalue weighted by molar-refractivity contribution is -0.189. The Labute approximate surface area is 183 Å². The van der Waals surface area contributed by atoms with E-state index in [0.717, 1.165) is 30.9 Å². The van der Waals surface area contributed by atoms with Crippen LogP contribution in [0.2, 0.25) is 0 Å². The average Bonchev–Trinajstić information content (AvgIpc) is 3.60. The van der Waals surface area contributed by atoms with Crippen molar-refractivity contribution < 1.29 is 32.5 Å². The number of rotatable bonds is 7. The molecule has 0 saturated heterocycles. The van der Waals surface area contributed by atoms with Crippen molar-refractivity contribution in [3.8, 4) is 5.75 Å². The van der Waals surface area contributed by atoms with Gasteiger partial charge in [-0.25, -0.2) is 4.79 Å². The van der Waals surface area contributed by atoms with Crippen molar-refractivity contribution in [3.63, 3.8) is 0 Å². The number of aromatic nitrogens is 1. The van der Waals surface area contributed by atoms with Crippen LogP contribution in [0.4, 0.5) is 24.5 Å². The first-order valence-corrected chi connectivity index (χ1v) is 10.4. The number of aromatic carboxylic acids is 1. The number of alkyl halides is 3. The number of carbonyl (C=O) groups is 1. The van der Waals surface area contributed by atoms with Gasteiger partial charge in [0.1, 0.15) is 5.69 Å². The highest BCUT2D eigenvalue weighted by atomic mass is 19.4. The van der Waals surface area contributed by atoms with E-state index >= 15 is 0 Å². The summed E-state index contributed by atoms with van der Waals surface area (Å²) in [4.78, 5) is 16.0. The van der Waals surface area contributed by atoms with Gasteiger partial charge in [-0.1, -0.05) is 12.1 Å². The Hall–Kier alpha value is -3.07. The van der Waals surface area contributed by atoms with Gasteiger partial charge >= 0.3 is 12.1 Å². The number of carboxylic acids is 1. The van der Waals surface area contributed by atoms with Crippen LogP contribution in [-0.2, 0) is 4.74 Å². The summed E-state index contributed by atoms with van der Waals surface area (Å²) in [5.74, 6) is -0.794. The Morgan fingerprint density at radius 1 is 1.28 bits per heavy atom. The van der Waals surface area contributed by atoms with Crippen molar-refractivity contribution in [2.24, 2.45) is 0 Å². The van der Waals surface area contributed by atoms with Crippen LogP contribution in [0.25, 0.3) is 5.57 Å². The normalized spacial score (nSPS) is 17.4. The molecule has 6 nitrogen and oxygen atoms in total. The average molecular weight is 448 g/mol. The highest BCUT2D eigenvalue weighted by Gasteiger charge is 2.39. The molecule has 32 heavy (non-hydrogen) atoms. The lowest BCUT2D eigenvalue weighted by atomic mass is 10.0. The van der Waals surface area contributed by atoms with Gasteiger partial charge in [-0.05, 0) is 55.4 Å². The molecule has 1 aliphatic heterocycles. The molecule has 0 bridgehead atoms. The van der Waals surface area contributed by atoms with Gasteiger partial charge in [0.2, 0.25) is 0 Å². The highest BCUT2D eigenvalue weighted by Crippen LogP contribution is 2.42. The summed E-state index contributed by atoms with van der Waals surface area (Å²) in [6.45, 7) is 1.70. The highest BCUT2D eigenvalue weighted by molar-refractivity contribution is 5.96. The van der Waals surface area contributed by atoms with E-state index in [4.69, 9.17) is 9.47 Å². The third kappa shape index (κ3) is 4.88. The molecular formula is C23H23F3N2O4. The van der Waals surface area contributed by atoms with E-state index < -0.39 is 18.2 Å². The van der Waals surface area contributed by atoms with Crippen LogP contribution in [0.3, 0.4) is 0 Å². The second-order valence-electron chi connectivity index (χ2n) is 7.93. The first kappa shape index (κ1) is 22.1. The minimum Gasteiger partial charge on any atom is -0.478 e. The zero-order chi connectivity index (χ0) is 22.9. The molecular weight excluding hydrogens is 425 g/mol. The Morgan fingerprint density at radius 3 is 2.69 bits per heavy atom. The van der Waals surface area contributed by atoms with Crippen LogP contribution in [0.1, 0.15) is 53.6 Å². The third-order valence-corrected chi connectivity index (χ3v) is 5.55. The summed E-state index contributed by atoms with van der Waals surface area (Å²) in [6.07, 6.45) is 0.465. The number of anilines is 2. The van der Waals surface area contributed by atoms with Crippen LogP contribution in [0, 0.1) is 0 Å². The molecule has 1 unspecified atom stereocenters. The van der Waals surface area contributed by atoms with E-state index in [1.165, 1.54) is 12.4 Å². The van der Waals surface area contributed by atoms with Crippen LogP contribution in [0.15, 0.2) is 36.7 Å². The van der Waals surface area contributed by atoms with E-state index in [9.17, 15) is 23.1 Å². The maximum atomic E-state index is 13.3. The monoisotopic (exact) mass is 448 g/mol. The first-order chi connectivity index (χ1) is 15.2. The zero-order valence-electron chi connectivity index (χ0n) is 17.4. The van der Waals surface area contributed by atoms with Crippen molar-refractivity contribution in [2.75, 3.05) is 18.5 Å². The summed E-state index contributed by atoms with van der Waals surface area (Å²) in [5.41, 5.74) is 2.58. The minimum absolute atomic E-state index is 0.0272. The molecule has 1 saturated carbocycles. The van der Waals surface area contributed by atoms with Crippen LogP contribution in [-0.4, -0.2) is 41.6 Å². The second kappa shape index (κ2) is 8.82. The topological polar surface area (TPSA) is 80.7 Å². The largest absolute Gasteiger partial charge is 0.478 e. The summed E-state index contributed by atoms with van der Waals surface area (Å²) >= 11 is 0. The number of hydrogen-bond acceptors (Lipinski definition) is 5. The van der Waals surface area contributed by atoms with Crippen molar-refractivity contribution in [3.05, 3.63) is 53.4 Å². The van der Waals surface area contributed by atoms with E-state index in [1.54, 1.807) is 18.2 Å². The van der Waals surface area contributed by atoms with E-state index in [-0.39, 0.29) is 22.7 Å². The van der Waals surface area contributed by atoms with Gasteiger partial charge in [0.25, 0.3) is 0 Å². The van der Waals surface area contributed by atoms with Crippen LogP contribution >= 0.6 is 0 Å². The molecule has 2 aromatic rings. The zero-order valence-corrected chi connectivity index (χ0v) is 17.4. The molecule has 1 aromatic heterocycles. The number of halogens is 3. The first-order valence-electron chi connectivity index (χ1n) is 10.4. The third-order valence-electron chi connectivity index (χ3n) is 5.55. The quantitative estimate of drug-likeness (QED) is 0.579. The van der Waals surface area contributed by atoms with Gasteiger partial charge in [0.15, 0.2) is 11.9 Å². The maximum absolute atomic E-state index is 13.3. The van der Waals surface area contributed by atoms with Gasteiger partial charge in [-0.15, -0.1) is 0 Å². The number of benzene rings is 1. The maximum Gasteiger partial charge on any atom is 0.425 e. The molecule has 0 radical (unpaired) electrons. The predicted octanol–water partition coefficient (Wildman–Crippen LogP) is 5.53. The molecule has 2 aliphatic rings. The van der Waals surface area contributed by atoms with Crippen LogP contribution < -0.4 is 10.1 Å². The molecule has 1 atom stereocenters. The lowest BCUT2D eigenvalue weighted by Gasteiger charge is -2.24. The number of ether oxygens (including phenoxy) is 2. The van der Waals surface area contributed by atoms with E-state index in [0.29, 0.717) is 31.1 Å². The van der Waals surface area contributed by atoms with Gasteiger partial charge in [0, 0.05) is 11.8 Å². The fourth-order valence-corrected chi connectivity index (χ4v) is 3.57. The lowest BCUT2D eigenvalue weighted by Crippen LogP contribution is -2.31. The standard InChI is InChI=1S/C23H23F3N2O4/c1-13(23(24,25)26)32-21-18(15-6-8-31-9-7-15)11-27-12-20(21)28-19-5-4-16(14-2-3-14)10-17(19)22(29)30/h4-6,10-14,28H,2-3,7-9H2,1H3,(H,29,30). The molecule has 0 amide bonds. The summed E-state index contributed by atoms with van der Waals surface area (Å²) in [6, 6.07) is 5.08. The van der Waals surface area contributed by atoms with Gasteiger partial charge in [0.05, 0.1) is 30.7 Å². The summed E-state index contributed by atoms with van der Waals surface area (Å²) in [7, 11) is 0. The van der Waals surface area contributed by atoms with E-state index in [1.807, 2.05) is 6.07 Å². The second-order valence-corrected chi connectivity index (χ2v) is 7.93. The Balaban J connectivity index is 1.75. The predicted molar refractivity (Wildman–Crippen MR) is 112 cm³/mol. The molecule has 1 aliphatic carbocycles. The number of pyridine rings is 1. The fourth-order valence-electron chi connectivity index (χ4n) is 3.57. The molecule has 2 heterocycles. The number of nitrogens with zero attached hydrogens (tertiary/aromatic N) is 1. The number of nitrogens with one attached hydrogen (secondary N) is 1. The van der Waals surface area contributed by atoms with Crippen LogP contribution in [0.5, 0.6) is 5.75 Å². The number of carboxylic acid groups (broad SMARTS) is 1. The van der Waals surface area contributed by atoms with Gasteiger partial charge in [-0.2, -0.15) is 13.2 Å². The molecule has 4 rings (SSSR count). The minimum atomic E-state index is -4.57. The van der Waals surface area contributed by atoms with Crippen molar-refractivity contribution in [2.45, 2.75) is 44.4 Å². The molecule has 170 valence electrons. The Morgan fingerprint density at radius 2 is 2.06 bits per heavy atom. The van der Waals surface area contributed by atoms with Crippen molar-refractivity contribution in [1.82, 2.24) is 4.98 Å². The summed E-state index contributed by atoms with van der Waals surface area (Å²) < 4.78 is 50.6. The fraction of sp³-hybridized carbons (Fsp3) is 0.391. The molecule has 0 spiro atoms. The Bertz CT molecular complexity index is 1050. The smallest absolute Gasteiger partial charge is 0.425 e. The SMILES string of the molecule is CC(Oc1c(Nc2ccc(C3CC3)cc2C(=O)O)cncc1C1=CCOCC1)C(F)(F)F. The van der Waals surface area contributed by atoms with Crippen molar-refractivity contribution >= 4 is 22.9 Å². The van der Waals surface area contributed by atoms with E-state index in [2.05, 4.69) is 10.3 Å². The molecule has 2 N–H and O–H groups in total. The van der Waals surface area contributed by atoms with Gasteiger partial charge < -0.3 is 19.9 Å². The van der Waals surface area contributed by atoms with Gasteiger partial charge in [-0.3, -0.25) is 4.98 Å². The molecule has 1 aromatic carbocycles. The summed E-state index contributed by atoms with van der Waals surface area (Å²) in [5, 5.41) is 12.6. The Kier molecular flexibility index (Phi) is 6.10. The van der Waals surface area contributed by atoms with Crippen molar-refractivity contribution in [1.29, 1.82) is 0 Å².